The molecule has 0 fully saturated rings. The van der Waals surface area contributed by atoms with Gasteiger partial charge >= 0.3 is 5.97 Å². The van der Waals surface area contributed by atoms with Crippen LogP contribution in [-0.4, -0.2) is 32.5 Å². The van der Waals surface area contributed by atoms with Crippen molar-refractivity contribution in [3.63, 3.8) is 0 Å². The predicted molar refractivity (Wildman–Crippen MR) is 110 cm³/mol. The molecule has 0 rings (SSSR count). The molecule has 0 aromatic heterocycles. The van der Waals surface area contributed by atoms with Crippen LogP contribution in [0.4, 0.5) is 0 Å². The second-order valence-corrected chi connectivity index (χ2v) is 9.94. The van der Waals surface area contributed by atoms with E-state index in [2.05, 4.69) is 11.7 Å². The van der Waals surface area contributed by atoms with E-state index in [-0.39, 0.29) is 17.0 Å². The minimum absolute atomic E-state index is 0.132. The molecule has 1 unspecified atom stereocenters. The summed E-state index contributed by atoms with van der Waals surface area (Å²) in [5.41, 5.74) is 0. The Kier molecular flexibility index (Phi) is 16.2. The largest absolute Gasteiger partial charge is 0.469 e. The number of carbonyl (C=O) groups excluding carboxylic acids is 1. The normalized spacial score (nSPS) is 12.9. The molecule has 1 atom stereocenters. The fourth-order valence-electron chi connectivity index (χ4n) is 3.34. The van der Waals surface area contributed by atoms with Crippen molar-refractivity contribution in [2.75, 3.05) is 12.9 Å². The van der Waals surface area contributed by atoms with E-state index in [4.69, 9.17) is 0 Å². The van der Waals surface area contributed by atoms with Gasteiger partial charge in [0, 0.05) is 12.2 Å². The van der Waals surface area contributed by atoms with Gasteiger partial charge in [0.15, 0.2) is 9.84 Å². The number of rotatable bonds is 18. The third kappa shape index (κ3) is 13.6. The molecule has 0 heterocycles. The Morgan fingerprint density at radius 3 is 1.69 bits per heavy atom. The van der Waals surface area contributed by atoms with Crippen molar-refractivity contribution in [3.05, 3.63) is 0 Å². The van der Waals surface area contributed by atoms with Gasteiger partial charge < -0.3 is 4.74 Å². The van der Waals surface area contributed by atoms with Crippen LogP contribution in [0.5, 0.6) is 0 Å². The maximum Gasteiger partial charge on any atom is 0.305 e. The highest BCUT2D eigenvalue weighted by Gasteiger charge is 2.22. The van der Waals surface area contributed by atoms with Crippen LogP contribution in [0.15, 0.2) is 0 Å². The van der Waals surface area contributed by atoms with E-state index >= 15 is 0 Å². The fraction of sp³-hybridized carbons (Fsp3) is 0.952. The average Bonchev–Trinajstić information content (AvgIpc) is 2.64. The van der Waals surface area contributed by atoms with Gasteiger partial charge in [-0.05, 0) is 19.3 Å². The summed E-state index contributed by atoms with van der Waals surface area (Å²) in [7, 11) is -1.50. The molecule has 0 saturated carbocycles. The van der Waals surface area contributed by atoms with Gasteiger partial charge in [-0.1, -0.05) is 84.5 Å². The zero-order chi connectivity index (χ0) is 19.7. The number of unbranched alkanes of at least 4 members (excludes halogenated alkanes) is 10. The molecule has 0 saturated heterocycles. The first-order valence-electron chi connectivity index (χ1n) is 10.8. The lowest BCUT2D eigenvalue weighted by Crippen LogP contribution is -2.23. The molecular weight excluding hydrogens is 348 g/mol. The zero-order valence-corrected chi connectivity index (χ0v) is 18.2. The number of ether oxygens (including phenoxy) is 1. The molecule has 0 bridgehead atoms. The van der Waals surface area contributed by atoms with E-state index in [0.29, 0.717) is 6.42 Å². The summed E-state index contributed by atoms with van der Waals surface area (Å²) >= 11 is 0. The molecule has 0 N–H and O–H groups in total. The van der Waals surface area contributed by atoms with Gasteiger partial charge in [0.25, 0.3) is 0 Å². The molecule has 0 aliphatic heterocycles. The van der Waals surface area contributed by atoms with E-state index in [0.717, 1.165) is 64.2 Å². The van der Waals surface area contributed by atoms with Gasteiger partial charge in [-0.2, -0.15) is 0 Å². The molecule has 26 heavy (non-hydrogen) atoms. The Morgan fingerprint density at radius 2 is 1.23 bits per heavy atom. The Morgan fingerprint density at radius 1 is 0.769 bits per heavy atom. The lowest BCUT2D eigenvalue weighted by atomic mass is 10.0. The number of carbonyl (C=O) groups is 1. The standard InChI is InChI=1S/C21H42O4S/c1-4-6-7-8-11-14-17-20(26(23,24)5-2)18-15-12-9-10-13-16-19-21(22)25-3/h20H,4-19H2,1-3H3. The van der Waals surface area contributed by atoms with Crippen LogP contribution >= 0.6 is 0 Å². The number of esters is 1. The van der Waals surface area contributed by atoms with Crippen LogP contribution in [0.25, 0.3) is 0 Å². The summed E-state index contributed by atoms with van der Waals surface area (Å²) < 4.78 is 29.3. The van der Waals surface area contributed by atoms with Crippen LogP contribution in [0.1, 0.15) is 110 Å². The maximum atomic E-state index is 12.3. The van der Waals surface area contributed by atoms with Crippen molar-refractivity contribution in [1.29, 1.82) is 0 Å². The van der Waals surface area contributed by atoms with Gasteiger partial charge in [0.1, 0.15) is 0 Å². The highest BCUT2D eigenvalue weighted by Crippen LogP contribution is 2.20. The summed E-state index contributed by atoms with van der Waals surface area (Å²) in [5.74, 6) is 0.133. The number of hydrogen-bond acceptors (Lipinski definition) is 4. The molecule has 0 aromatic carbocycles. The van der Waals surface area contributed by atoms with Crippen molar-refractivity contribution in [3.8, 4) is 0 Å². The number of hydrogen-bond donors (Lipinski definition) is 0. The Balaban J connectivity index is 3.90. The van der Waals surface area contributed by atoms with E-state index in [1.807, 2.05) is 0 Å². The van der Waals surface area contributed by atoms with Crippen molar-refractivity contribution >= 4 is 15.8 Å². The smallest absolute Gasteiger partial charge is 0.305 e. The lowest BCUT2D eigenvalue weighted by molar-refractivity contribution is -0.140. The molecule has 0 aromatic rings. The second-order valence-electron chi connectivity index (χ2n) is 7.37. The molecule has 0 aliphatic carbocycles. The first-order chi connectivity index (χ1) is 12.5. The van der Waals surface area contributed by atoms with Crippen LogP contribution in [0, 0.1) is 0 Å². The molecule has 0 aliphatic rings. The molecule has 0 amide bonds. The average molecular weight is 391 g/mol. The quantitative estimate of drug-likeness (QED) is 0.218. The van der Waals surface area contributed by atoms with Gasteiger partial charge in [0.05, 0.1) is 12.4 Å². The van der Waals surface area contributed by atoms with Crippen molar-refractivity contribution < 1.29 is 17.9 Å². The van der Waals surface area contributed by atoms with Gasteiger partial charge in [-0.3, -0.25) is 4.79 Å². The zero-order valence-electron chi connectivity index (χ0n) is 17.4. The monoisotopic (exact) mass is 390 g/mol. The molecule has 5 heteroatoms. The van der Waals surface area contributed by atoms with Gasteiger partial charge in [-0.25, -0.2) is 8.42 Å². The summed E-state index contributed by atoms with van der Waals surface area (Å²) in [6.45, 7) is 3.98. The third-order valence-electron chi connectivity index (χ3n) is 5.17. The minimum Gasteiger partial charge on any atom is -0.469 e. The molecular formula is C21H42O4S. The molecule has 0 radical (unpaired) electrons. The van der Waals surface area contributed by atoms with E-state index in [9.17, 15) is 13.2 Å². The van der Waals surface area contributed by atoms with Crippen LogP contribution in [0.3, 0.4) is 0 Å². The molecule has 156 valence electrons. The van der Waals surface area contributed by atoms with Crippen LogP contribution in [-0.2, 0) is 19.4 Å². The SMILES string of the molecule is CCCCCCCCC(CCCCCCCCC(=O)OC)S(=O)(=O)CC. The fourth-order valence-corrected chi connectivity index (χ4v) is 4.86. The maximum absolute atomic E-state index is 12.3. The Hall–Kier alpha value is -0.580. The number of methoxy groups -OCH3 is 1. The van der Waals surface area contributed by atoms with Crippen LogP contribution < -0.4 is 0 Å². The van der Waals surface area contributed by atoms with Gasteiger partial charge in [0.2, 0.25) is 0 Å². The minimum atomic E-state index is -2.92. The predicted octanol–water partition coefficient (Wildman–Crippen LogP) is 5.83. The summed E-state index contributed by atoms with van der Waals surface area (Å²) in [6, 6.07) is 0. The third-order valence-corrected chi connectivity index (χ3v) is 7.47. The lowest BCUT2D eigenvalue weighted by Gasteiger charge is -2.16. The molecule has 4 nitrogen and oxygen atoms in total. The number of sulfone groups is 1. The topological polar surface area (TPSA) is 60.4 Å². The van der Waals surface area contributed by atoms with E-state index in [1.165, 1.54) is 32.8 Å². The first kappa shape index (κ1) is 25.4. The Bertz CT molecular complexity index is 431. The highest BCUT2D eigenvalue weighted by atomic mass is 32.2. The highest BCUT2D eigenvalue weighted by molar-refractivity contribution is 7.91. The van der Waals surface area contributed by atoms with Crippen LogP contribution in [0.2, 0.25) is 0 Å². The summed E-state index contributed by atoms with van der Waals surface area (Å²) in [6.07, 6.45) is 15.7. The van der Waals surface area contributed by atoms with E-state index < -0.39 is 9.84 Å². The van der Waals surface area contributed by atoms with Gasteiger partial charge in [-0.15, -0.1) is 0 Å². The van der Waals surface area contributed by atoms with Crippen molar-refractivity contribution in [2.24, 2.45) is 0 Å². The van der Waals surface area contributed by atoms with Crippen molar-refractivity contribution in [1.82, 2.24) is 0 Å². The van der Waals surface area contributed by atoms with Crippen molar-refractivity contribution in [2.45, 2.75) is 115 Å². The second kappa shape index (κ2) is 16.6. The van der Waals surface area contributed by atoms with E-state index in [1.54, 1.807) is 6.92 Å². The Labute approximate surface area is 162 Å². The molecule has 0 spiro atoms. The first-order valence-corrected chi connectivity index (χ1v) is 12.5. The summed E-state index contributed by atoms with van der Waals surface area (Å²) in [5, 5.41) is -0.141. The summed E-state index contributed by atoms with van der Waals surface area (Å²) in [4.78, 5) is 11.0.